The molecule has 0 aliphatic rings. The maximum Gasteiger partial charge on any atom is 0.303 e. The van der Waals surface area contributed by atoms with Crippen LogP contribution in [0.2, 0.25) is 0 Å². The Balaban J connectivity index is 3.71. The number of carboxylic acid groups (broad SMARTS) is 1. The third kappa shape index (κ3) is 19.1. The predicted octanol–water partition coefficient (Wildman–Crippen LogP) is 3.33. The molecule has 0 saturated heterocycles. The van der Waals surface area contributed by atoms with Gasteiger partial charge in [-0.2, -0.15) is 0 Å². The van der Waals surface area contributed by atoms with Crippen molar-refractivity contribution >= 4 is 28.8 Å². The number of carbonyl (C=O) groups excluding carboxylic acids is 2. The number of hydrogen-bond acceptors (Lipinski definition) is 5. The largest absolute Gasteiger partial charge is 0.481 e. The van der Waals surface area contributed by atoms with Crippen LogP contribution in [0.3, 0.4) is 0 Å². The quantitative estimate of drug-likeness (QED) is 0.232. The Morgan fingerprint density at radius 2 is 1.12 bits per heavy atom. The van der Waals surface area contributed by atoms with E-state index in [9.17, 15) is 14.4 Å². The molecule has 0 fully saturated rings. The van der Waals surface area contributed by atoms with Crippen molar-refractivity contribution in [2.45, 2.75) is 71.6 Å². The summed E-state index contributed by atoms with van der Waals surface area (Å²) in [6, 6.07) is 0. The first-order valence-electron chi connectivity index (χ1n) is 9.54. The summed E-state index contributed by atoms with van der Waals surface area (Å²) in [6.45, 7) is 3.71. The molecule has 0 amide bonds. The van der Waals surface area contributed by atoms with E-state index < -0.39 is 5.97 Å². The Kier molecular flexibility index (Phi) is 16.4. The standard InChI is InChI=1S/C19H34O6S/c1-17(20)24-12-15-26(16-13-25-18(2)21)14-10-8-6-4-3-5-7-9-11-19(22)23/h3-16H2,1-2H3/p+1. The number of aliphatic carboxylic acids is 1. The van der Waals surface area contributed by atoms with Crippen molar-refractivity contribution in [1.29, 1.82) is 0 Å². The van der Waals surface area contributed by atoms with Crippen LogP contribution in [0.15, 0.2) is 0 Å². The van der Waals surface area contributed by atoms with Gasteiger partial charge in [0, 0.05) is 20.3 Å². The van der Waals surface area contributed by atoms with Gasteiger partial charge in [-0.15, -0.1) is 0 Å². The second-order valence-corrected chi connectivity index (χ2v) is 8.83. The molecule has 152 valence electrons. The summed E-state index contributed by atoms with van der Waals surface area (Å²) in [5, 5.41) is 8.57. The molecule has 0 bridgehead atoms. The number of carboxylic acids is 1. The Hall–Kier alpha value is -1.24. The Morgan fingerprint density at radius 3 is 1.54 bits per heavy atom. The number of esters is 2. The van der Waals surface area contributed by atoms with Gasteiger partial charge in [0.05, 0.1) is 0 Å². The van der Waals surface area contributed by atoms with Crippen LogP contribution in [0.25, 0.3) is 0 Å². The molecule has 6 nitrogen and oxygen atoms in total. The number of unbranched alkanes of at least 4 members (excludes halogenated alkanes) is 7. The van der Waals surface area contributed by atoms with Gasteiger partial charge in [-0.1, -0.05) is 32.1 Å². The highest BCUT2D eigenvalue weighted by Crippen LogP contribution is 2.11. The lowest BCUT2D eigenvalue weighted by Crippen LogP contribution is -2.24. The maximum absolute atomic E-state index is 10.9. The molecular weight excluding hydrogens is 356 g/mol. The number of rotatable bonds is 17. The average Bonchev–Trinajstić information content (AvgIpc) is 2.55. The summed E-state index contributed by atoms with van der Waals surface area (Å²) >= 11 is 0. The molecule has 1 N–H and O–H groups in total. The summed E-state index contributed by atoms with van der Waals surface area (Å²) in [6.07, 6.45) is 9.06. The van der Waals surface area contributed by atoms with E-state index in [1.165, 1.54) is 39.5 Å². The first-order chi connectivity index (χ1) is 12.4. The minimum atomic E-state index is -0.706. The van der Waals surface area contributed by atoms with Crippen LogP contribution in [-0.4, -0.2) is 53.5 Å². The Bertz CT molecular complexity index is 379. The van der Waals surface area contributed by atoms with E-state index in [1.54, 1.807) is 0 Å². The van der Waals surface area contributed by atoms with Crippen molar-refractivity contribution < 1.29 is 29.0 Å². The van der Waals surface area contributed by atoms with Crippen LogP contribution >= 0.6 is 0 Å². The van der Waals surface area contributed by atoms with Gasteiger partial charge < -0.3 is 14.6 Å². The highest BCUT2D eigenvalue weighted by atomic mass is 32.2. The SMILES string of the molecule is CC(=O)OCC[S+](CCCCCCCCCCC(=O)O)CCOC(C)=O. The van der Waals surface area contributed by atoms with Crippen molar-refractivity contribution in [3.63, 3.8) is 0 Å². The summed E-state index contributed by atoms with van der Waals surface area (Å²) in [5.41, 5.74) is 0. The average molecular weight is 392 g/mol. The number of carbonyl (C=O) groups is 3. The van der Waals surface area contributed by atoms with Crippen LogP contribution in [0, 0.1) is 0 Å². The molecule has 0 spiro atoms. The third-order valence-electron chi connectivity index (χ3n) is 3.93. The van der Waals surface area contributed by atoms with E-state index >= 15 is 0 Å². The fraction of sp³-hybridized carbons (Fsp3) is 0.842. The smallest absolute Gasteiger partial charge is 0.303 e. The lowest BCUT2D eigenvalue weighted by atomic mass is 10.1. The molecule has 0 atom stereocenters. The maximum atomic E-state index is 10.9. The summed E-state index contributed by atoms with van der Waals surface area (Å²) in [7, 11) is 0.117. The number of hydrogen-bond donors (Lipinski definition) is 1. The topological polar surface area (TPSA) is 89.9 Å². The molecule has 0 aromatic rings. The first-order valence-corrected chi connectivity index (χ1v) is 11.3. The zero-order valence-corrected chi connectivity index (χ0v) is 17.1. The van der Waals surface area contributed by atoms with Gasteiger partial charge >= 0.3 is 17.9 Å². The predicted molar refractivity (Wildman–Crippen MR) is 104 cm³/mol. The molecule has 7 heteroatoms. The van der Waals surface area contributed by atoms with Gasteiger partial charge in [-0.05, 0) is 30.2 Å². The molecule has 0 unspecified atom stereocenters. The Morgan fingerprint density at radius 1 is 0.692 bits per heavy atom. The molecular formula is C19H35O6S+. The van der Waals surface area contributed by atoms with Crippen LogP contribution in [0.1, 0.15) is 71.6 Å². The van der Waals surface area contributed by atoms with E-state index in [2.05, 4.69) is 0 Å². The lowest BCUT2D eigenvalue weighted by Gasteiger charge is -2.09. The molecule has 26 heavy (non-hydrogen) atoms. The van der Waals surface area contributed by atoms with Crippen LogP contribution < -0.4 is 0 Å². The summed E-state index contributed by atoms with van der Waals surface area (Å²) < 4.78 is 10.1. The van der Waals surface area contributed by atoms with Gasteiger partial charge in [0.25, 0.3) is 0 Å². The fourth-order valence-corrected chi connectivity index (χ4v) is 4.42. The van der Waals surface area contributed by atoms with Crippen LogP contribution in [0.5, 0.6) is 0 Å². The summed E-state index contributed by atoms with van der Waals surface area (Å²) in [4.78, 5) is 32.2. The van der Waals surface area contributed by atoms with Gasteiger partial charge in [0.2, 0.25) is 0 Å². The molecule has 0 radical (unpaired) electrons. The van der Waals surface area contributed by atoms with Crippen molar-refractivity contribution in [1.82, 2.24) is 0 Å². The monoisotopic (exact) mass is 391 g/mol. The first kappa shape index (κ1) is 24.8. The fourth-order valence-electron chi connectivity index (χ4n) is 2.56. The van der Waals surface area contributed by atoms with Crippen LogP contribution in [-0.2, 0) is 34.8 Å². The minimum absolute atomic E-state index is 0.117. The minimum Gasteiger partial charge on any atom is -0.481 e. The van der Waals surface area contributed by atoms with E-state index in [1.807, 2.05) is 0 Å². The second-order valence-electron chi connectivity index (χ2n) is 6.38. The third-order valence-corrected chi connectivity index (χ3v) is 6.28. The molecule has 0 saturated carbocycles. The lowest BCUT2D eigenvalue weighted by molar-refractivity contribution is -0.141. The van der Waals surface area contributed by atoms with Gasteiger partial charge in [0.1, 0.15) is 30.5 Å². The van der Waals surface area contributed by atoms with Gasteiger partial charge in [-0.25, -0.2) is 0 Å². The van der Waals surface area contributed by atoms with Crippen molar-refractivity contribution in [2.75, 3.05) is 30.5 Å². The molecule has 0 aromatic heterocycles. The van der Waals surface area contributed by atoms with Crippen molar-refractivity contribution in [2.24, 2.45) is 0 Å². The molecule has 0 aliphatic carbocycles. The normalized spacial score (nSPS) is 10.7. The highest BCUT2D eigenvalue weighted by Gasteiger charge is 2.18. The molecule has 0 aromatic carbocycles. The van der Waals surface area contributed by atoms with E-state index in [-0.39, 0.29) is 29.3 Å². The molecule has 0 heterocycles. The Labute approximate surface area is 160 Å². The second kappa shape index (κ2) is 17.2. The van der Waals surface area contributed by atoms with Gasteiger partial charge in [0.15, 0.2) is 0 Å². The molecule has 0 aliphatic heterocycles. The van der Waals surface area contributed by atoms with Crippen LogP contribution in [0.4, 0.5) is 0 Å². The zero-order chi connectivity index (χ0) is 19.6. The van der Waals surface area contributed by atoms with E-state index in [0.29, 0.717) is 13.2 Å². The highest BCUT2D eigenvalue weighted by molar-refractivity contribution is 7.96. The van der Waals surface area contributed by atoms with E-state index in [4.69, 9.17) is 14.6 Å². The van der Waals surface area contributed by atoms with Crippen molar-refractivity contribution in [3.05, 3.63) is 0 Å². The van der Waals surface area contributed by atoms with E-state index in [0.717, 1.165) is 42.9 Å². The zero-order valence-electron chi connectivity index (χ0n) is 16.3. The summed E-state index contributed by atoms with van der Waals surface area (Å²) in [5.74, 6) is 1.55. The van der Waals surface area contributed by atoms with Gasteiger partial charge in [-0.3, -0.25) is 14.4 Å². The number of ether oxygens (including phenoxy) is 2. The molecule has 0 rings (SSSR count). The van der Waals surface area contributed by atoms with Crippen molar-refractivity contribution in [3.8, 4) is 0 Å².